The molecule has 3 aromatic rings. The van der Waals surface area contributed by atoms with Crippen LogP contribution in [0.1, 0.15) is 45.9 Å². The van der Waals surface area contributed by atoms with Gasteiger partial charge in [0, 0.05) is 40.7 Å². The van der Waals surface area contributed by atoms with Crippen molar-refractivity contribution in [2.75, 3.05) is 19.6 Å². The van der Waals surface area contributed by atoms with Gasteiger partial charge >= 0.3 is 0 Å². The van der Waals surface area contributed by atoms with Crippen molar-refractivity contribution in [2.24, 2.45) is 5.92 Å². The smallest absolute Gasteiger partial charge is 0.251 e. The lowest BCUT2D eigenvalue weighted by molar-refractivity contribution is 0.0951. The average Bonchev–Trinajstić information content (AvgIpc) is 3.68. The second-order valence-electron chi connectivity index (χ2n) is 9.85. The molecule has 0 radical (unpaired) electrons. The normalized spacial score (nSPS) is 15.9. The minimum atomic E-state index is -3.50. The van der Waals surface area contributed by atoms with Crippen LogP contribution in [-0.4, -0.2) is 38.9 Å². The van der Waals surface area contributed by atoms with Crippen LogP contribution in [0.5, 0.6) is 0 Å². The van der Waals surface area contributed by atoms with Gasteiger partial charge in [0.1, 0.15) is 0 Å². The van der Waals surface area contributed by atoms with E-state index in [1.807, 2.05) is 48.5 Å². The Kier molecular flexibility index (Phi) is 7.72. The van der Waals surface area contributed by atoms with Gasteiger partial charge < -0.3 is 5.32 Å². The maximum Gasteiger partial charge on any atom is 0.251 e. The van der Waals surface area contributed by atoms with Gasteiger partial charge in [-0.05, 0) is 77.4 Å². The molecule has 1 saturated carbocycles. The summed E-state index contributed by atoms with van der Waals surface area (Å²) in [7, 11) is -3.50. The molecule has 0 aromatic heterocycles. The predicted octanol–water partition coefficient (Wildman–Crippen LogP) is 6.04. The Morgan fingerprint density at radius 2 is 1.54 bits per heavy atom. The number of rotatable bonds is 9. The number of sulfone groups is 1. The molecule has 1 heterocycles. The molecule has 8 heteroatoms. The van der Waals surface area contributed by atoms with Crippen molar-refractivity contribution in [1.82, 2.24) is 10.2 Å². The van der Waals surface area contributed by atoms with E-state index < -0.39 is 9.84 Å². The molecule has 5 rings (SSSR count). The molecule has 192 valence electrons. The number of hydrogen-bond acceptors (Lipinski definition) is 4. The predicted molar refractivity (Wildman–Crippen MR) is 149 cm³/mol. The van der Waals surface area contributed by atoms with Crippen molar-refractivity contribution < 1.29 is 13.2 Å². The summed E-state index contributed by atoms with van der Waals surface area (Å²) in [6.07, 6.45) is 2.32. The Balaban J connectivity index is 1.27. The van der Waals surface area contributed by atoms with Crippen LogP contribution in [0.4, 0.5) is 0 Å². The molecule has 1 saturated heterocycles. The summed E-state index contributed by atoms with van der Waals surface area (Å²) >= 11 is 12.2. The number of nitrogens with one attached hydrogen (secondary N) is 1. The third-order valence-corrected chi connectivity index (χ3v) is 8.63. The van der Waals surface area contributed by atoms with Crippen LogP contribution >= 0.6 is 23.2 Å². The number of benzene rings is 3. The molecular formula is C29H28Cl2N2O3S. The van der Waals surface area contributed by atoms with E-state index in [0.717, 1.165) is 29.5 Å². The zero-order chi connectivity index (χ0) is 26.0. The molecule has 1 N–H and O–H groups in total. The largest absolute Gasteiger partial charge is 0.352 e. The van der Waals surface area contributed by atoms with E-state index in [1.54, 1.807) is 24.3 Å². The minimum Gasteiger partial charge on any atom is -0.352 e. The second kappa shape index (κ2) is 11.0. The van der Waals surface area contributed by atoms with Crippen molar-refractivity contribution >= 4 is 38.9 Å². The van der Waals surface area contributed by atoms with Crippen LogP contribution < -0.4 is 5.32 Å². The molecule has 1 amide bonds. The Hall–Kier alpha value is -2.64. The molecule has 0 bridgehead atoms. The van der Waals surface area contributed by atoms with Crippen LogP contribution in [0.2, 0.25) is 10.0 Å². The molecule has 2 aliphatic rings. The Labute approximate surface area is 228 Å². The summed E-state index contributed by atoms with van der Waals surface area (Å²) in [5, 5.41) is 5.65. The first-order valence-electron chi connectivity index (χ1n) is 12.3. The fourth-order valence-corrected chi connectivity index (χ4v) is 6.26. The molecule has 1 aliphatic carbocycles. The summed E-state index contributed by atoms with van der Waals surface area (Å²) in [5.41, 5.74) is 4.10. The number of amides is 1. The third-order valence-electron chi connectivity index (χ3n) is 6.70. The number of halogens is 2. The molecule has 0 spiro atoms. The SMILES string of the molecule is O=C(NCC1CC1)c1cccc(CS(=O)(=O)C=C2CN(C(c3ccc(Cl)cc3)c3ccc(Cl)cc3)C2)c1. The van der Waals surface area contributed by atoms with E-state index in [1.165, 1.54) is 5.41 Å². The molecule has 37 heavy (non-hydrogen) atoms. The molecule has 3 aromatic carbocycles. The van der Waals surface area contributed by atoms with Crippen LogP contribution in [0.25, 0.3) is 0 Å². The summed E-state index contributed by atoms with van der Waals surface area (Å²) < 4.78 is 25.9. The number of hydrogen-bond donors (Lipinski definition) is 1. The van der Waals surface area contributed by atoms with Gasteiger partial charge in [-0.1, -0.05) is 59.6 Å². The van der Waals surface area contributed by atoms with Crippen molar-refractivity contribution in [3.8, 4) is 0 Å². The first-order valence-corrected chi connectivity index (χ1v) is 14.8. The minimum absolute atomic E-state index is 0.0415. The summed E-state index contributed by atoms with van der Waals surface area (Å²) in [6, 6.07) is 22.3. The highest BCUT2D eigenvalue weighted by atomic mass is 35.5. The third kappa shape index (κ3) is 6.82. The van der Waals surface area contributed by atoms with Crippen molar-refractivity contribution in [2.45, 2.75) is 24.6 Å². The van der Waals surface area contributed by atoms with Gasteiger partial charge in [-0.2, -0.15) is 0 Å². The lowest BCUT2D eigenvalue weighted by Gasteiger charge is -2.41. The maximum absolute atomic E-state index is 13.0. The molecular weight excluding hydrogens is 527 g/mol. The van der Waals surface area contributed by atoms with Crippen LogP contribution in [0.3, 0.4) is 0 Å². The van der Waals surface area contributed by atoms with Gasteiger partial charge in [-0.3, -0.25) is 9.69 Å². The Morgan fingerprint density at radius 3 is 2.11 bits per heavy atom. The van der Waals surface area contributed by atoms with E-state index in [-0.39, 0.29) is 17.7 Å². The topological polar surface area (TPSA) is 66.5 Å². The Bertz CT molecular complexity index is 1360. The van der Waals surface area contributed by atoms with Gasteiger partial charge in [0.25, 0.3) is 5.91 Å². The number of carbonyl (C=O) groups is 1. The molecule has 5 nitrogen and oxygen atoms in total. The highest BCUT2D eigenvalue weighted by Gasteiger charge is 2.31. The van der Waals surface area contributed by atoms with Crippen molar-refractivity contribution in [3.05, 3.63) is 116 Å². The van der Waals surface area contributed by atoms with Crippen molar-refractivity contribution in [3.63, 3.8) is 0 Å². The average molecular weight is 556 g/mol. The highest BCUT2D eigenvalue weighted by Crippen LogP contribution is 2.35. The number of carbonyl (C=O) groups excluding carboxylic acids is 1. The fourth-order valence-electron chi connectivity index (χ4n) is 4.63. The van der Waals surface area contributed by atoms with E-state index in [2.05, 4.69) is 10.2 Å². The van der Waals surface area contributed by atoms with Crippen LogP contribution in [0.15, 0.2) is 83.8 Å². The zero-order valence-corrected chi connectivity index (χ0v) is 22.6. The van der Waals surface area contributed by atoms with Gasteiger partial charge in [0.2, 0.25) is 0 Å². The summed E-state index contributed by atoms with van der Waals surface area (Å²) in [6.45, 7) is 1.76. The van der Waals surface area contributed by atoms with Crippen LogP contribution in [0, 0.1) is 5.92 Å². The van der Waals surface area contributed by atoms with Gasteiger partial charge in [-0.25, -0.2) is 8.42 Å². The van der Waals surface area contributed by atoms with E-state index in [0.29, 0.717) is 46.7 Å². The molecule has 2 fully saturated rings. The lowest BCUT2D eigenvalue weighted by atomic mass is 9.93. The highest BCUT2D eigenvalue weighted by molar-refractivity contribution is 7.93. The molecule has 0 atom stereocenters. The van der Waals surface area contributed by atoms with Crippen LogP contribution in [-0.2, 0) is 15.6 Å². The summed E-state index contributed by atoms with van der Waals surface area (Å²) in [5.74, 6) is 0.285. The second-order valence-corrected chi connectivity index (χ2v) is 12.6. The standard InChI is InChI=1S/C29H28Cl2N2O3S/c30-26-10-6-23(7-11-26)28(24-8-12-27(31)13-9-24)33-16-22(17-33)19-37(35,36)18-21-2-1-3-25(14-21)29(34)32-15-20-4-5-20/h1-3,6-14,19-20,28H,4-5,15-18H2,(H,32,34). The van der Waals surface area contributed by atoms with Crippen molar-refractivity contribution in [1.29, 1.82) is 0 Å². The molecule has 1 aliphatic heterocycles. The van der Waals surface area contributed by atoms with E-state index >= 15 is 0 Å². The number of nitrogens with zero attached hydrogens (tertiary/aromatic N) is 1. The Morgan fingerprint density at radius 1 is 0.946 bits per heavy atom. The summed E-state index contributed by atoms with van der Waals surface area (Å²) in [4.78, 5) is 14.6. The maximum atomic E-state index is 13.0. The van der Waals surface area contributed by atoms with Gasteiger partial charge in [0.05, 0.1) is 11.8 Å². The van der Waals surface area contributed by atoms with E-state index in [4.69, 9.17) is 23.2 Å². The first-order chi connectivity index (χ1) is 17.8. The van der Waals surface area contributed by atoms with E-state index in [9.17, 15) is 13.2 Å². The molecule has 0 unspecified atom stereocenters. The number of likely N-dealkylation sites (tertiary alicyclic amines) is 1. The first kappa shape index (κ1) is 26.0. The van der Waals surface area contributed by atoms with Gasteiger partial charge in [-0.15, -0.1) is 0 Å². The monoisotopic (exact) mass is 554 g/mol. The zero-order valence-electron chi connectivity index (χ0n) is 20.2. The quantitative estimate of drug-likeness (QED) is 0.350. The fraction of sp³-hybridized carbons (Fsp3) is 0.276. The van der Waals surface area contributed by atoms with Gasteiger partial charge in [0.15, 0.2) is 9.84 Å². The lowest BCUT2D eigenvalue weighted by Crippen LogP contribution is -2.43.